The standard InChI is InChI=1S/C27H34ClN3O/c1-17(2)26-29-25-11-9-21(23-14-22(28)10-8-19(23)5)13-24(25)27(32)31(26)16-20-7-6-12-30(15-20)18(3)4/h8-11,13-14,17-18,20H,6-7,12,15-16H2,1-5H3. The lowest BCUT2D eigenvalue weighted by atomic mass is 9.96. The molecule has 3 aromatic rings. The molecule has 1 atom stereocenters. The van der Waals surface area contributed by atoms with E-state index >= 15 is 0 Å². The average Bonchev–Trinajstić information content (AvgIpc) is 2.77. The predicted molar refractivity (Wildman–Crippen MR) is 135 cm³/mol. The summed E-state index contributed by atoms with van der Waals surface area (Å²) in [5.41, 5.74) is 4.03. The van der Waals surface area contributed by atoms with Crippen molar-refractivity contribution < 1.29 is 0 Å². The molecule has 0 bridgehead atoms. The molecule has 4 nitrogen and oxygen atoms in total. The molecule has 32 heavy (non-hydrogen) atoms. The molecule has 0 aliphatic carbocycles. The number of nitrogens with zero attached hydrogens (tertiary/aromatic N) is 3. The zero-order valence-corrected chi connectivity index (χ0v) is 20.6. The normalized spacial score (nSPS) is 17.6. The summed E-state index contributed by atoms with van der Waals surface area (Å²) in [6.07, 6.45) is 2.35. The molecule has 1 unspecified atom stereocenters. The van der Waals surface area contributed by atoms with Crippen LogP contribution in [0, 0.1) is 12.8 Å². The Morgan fingerprint density at radius 3 is 2.62 bits per heavy atom. The second-order valence-electron chi connectivity index (χ2n) is 9.83. The van der Waals surface area contributed by atoms with Gasteiger partial charge >= 0.3 is 0 Å². The Morgan fingerprint density at radius 1 is 1.12 bits per heavy atom. The van der Waals surface area contributed by atoms with Crippen molar-refractivity contribution in [3.8, 4) is 11.1 Å². The molecule has 1 aromatic heterocycles. The van der Waals surface area contributed by atoms with E-state index in [1.165, 1.54) is 6.42 Å². The fourth-order valence-electron chi connectivity index (χ4n) is 4.90. The number of fused-ring (bicyclic) bond motifs is 1. The topological polar surface area (TPSA) is 38.1 Å². The van der Waals surface area contributed by atoms with Gasteiger partial charge in [0.2, 0.25) is 0 Å². The van der Waals surface area contributed by atoms with Crippen LogP contribution in [0.4, 0.5) is 0 Å². The third-order valence-corrected chi connectivity index (χ3v) is 6.97. The van der Waals surface area contributed by atoms with Crippen LogP contribution in [0.2, 0.25) is 5.02 Å². The van der Waals surface area contributed by atoms with E-state index in [4.69, 9.17) is 16.6 Å². The van der Waals surface area contributed by atoms with Gasteiger partial charge in [0.05, 0.1) is 10.9 Å². The first kappa shape index (κ1) is 23.0. The highest BCUT2D eigenvalue weighted by atomic mass is 35.5. The monoisotopic (exact) mass is 451 g/mol. The van der Waals surface area contributed by atoms with Crippen molar-refractivity contribution >= 4 is 22.5 Å². The maximum absolute atomic E-state index is 13.8. The number of aryl methyl sites for hydroxylation is 1. The quantitative estimate of drug-likeness (QED) is 0.458. The molecule has 0 saturated carbocycles. The van der Waals surface area contributed by atoms with Gasteiger partial charge < -0.3 is 4.90 Å². The van der Waals surface area contributed by atoms with Gasteiger partial charge in [0.1, 0.15) is 5.82 Å². The van der Waals surface area contributed by atoms with E-state index in [-0.39, 0.29) is 11.5 Å². The van der Waals surface area contributed by atoms with Crippen LogP contribution >= 0.6 is 11.6 Å². The van der Waals surface area contributed by atoms with E-state index in [2.05, 4.69) is 39.5 Å². The smallest absolute Gasteiger partial charge is 0.261 e. The van der Waals surface area contributed by atoms with E-state index in [1.807, 2.05) is 41.0 Å². The maximum Gasteiger partial charge on any atom is 0.261 e. The minimum absolute atomic E-state index is 0.0712. The van der Waals surface area contributed by atoms with Gasteiger partial charge in [0.15, 0.2) is 0 Å². The van der Waals surface area contributed by atoms with Crippen molar-refractivity contribution in [1.82, 2.24) is 14.5 Å². The van der Waals surface area contributed by atoms with Crippen molar-refractivity contribution in [3.05, 3.63) is 63.2 Å². The molecule has 1 saturated heterocycles. The Morgan fingerprint density at radius 2 is 1.91 bits per heavy atom. The van der Waals surface area contributed by atoms with Crippen LogP contribution in [0.1, 0.15) is 57.8 Å². The van der Waals surface area contributed by atoms with Crippen molar-refractivity contribution in [2.45, 2.75) is 66.0 Å². The molecule has 5 heteroatoms. The Hall–Kier alpha value is -2.17. The number of hydrogen-bond donors (Lipinski definition) is 0. The number of rotatable bonds is 5. The molecule has 0 radical (unpaired) electrons. The van der Waals surface area contributed by atoms with Gasteiger partial charge in [-0.15, -0.1) is 0 Å². The number of halogens is 1. The third-order valence-electron chi connectivity index (χ3n) is 6.73. The number of benzene rings is 2. The van der Waals surface area contributed by atoms with Gasteiger partial charge in [-0.1, -0.05) is 37.6 Å². The van der Waals surface area contributed by atoms with Crippen LogP contribution in [0.25, 0.3) is 22.0 Å². The summed E-state index contributed by atoms with van der Waals surface area (Å²) in [5, 5.41) is 1.38. The summed E-state index contributed by atoms with van der Waals surface area (Å²) in [5.74, 6) is 1.54. The Bertz CT molecular complexity index is 1180. The summed E-state index contributed by atoms with van der Waals surface area (Å²) in [6.45, 7) is 13.7. The van der Waals surface area contributed by atoms with Crippen LogP contribution in [-0.4, -0.2) is 33.6 Å². The fraction of sp³-hybridized carbons (Fsp3) is 0.481. The van der Waals surface area contributed by atoms with Crippen molar-refractivity contribution in [1.29, 1.82) is 0 Å². The van der Waals surface area contributed by atoms with Gasteiger partial charge in [0, 0.05) is 30.1 Å². The van der Waals surface area contributed by atoms with E-state index < -0.39 is 0 Å². The summed E-state index contributed by atoms with van der Waals surface area (Å²) in [7, 11) is 0. The molecular formula is C27H34ClN3O. The summed E-state index contributed by atoms with van der Waals surface area (Å²) in [6, 6.07) is 12.4. The fourth-order valence-corrected chi connectivity index (χ4v) is 5.07. The van der Waals surface area contributed by atoms with Crippen LogP contribution < -0.4 is 5.56 Å². The second-order valence-corrected chi connectivity index (χ2v) is 10.3. The van der Waals surface area contributed by atoms with Gasteiger partial charge in [0.25, 0.3) is 5.56 Å². The SMILES string of the molecule is Cc1ccc(Cl)cc1-c1ccc2nc(C(C)C)n(CC3CCCN(C(C)C)C3)c(=O)c2c1. The van der Waals surface area contributed by atoms with Crippen LogP contribution in [0.15, 0.2) is 41.2 Å². The van der Waals surface area contributed by atoms with Gasteiger partial charge in [-0.2, -0.15) is 0 Å². The Kier molecular flexibility index (Phi) is 6.73. The Labute approximate surface area is 196 Å². The average molecular weight is 452 g/mol. The van der Waals surface area contributed by atoms with Gasteiger partial charge in [-0.3, -0.25) is 9.36 Å². The van der Waals surface area contributed by atoms with E-state index in [1.54, 1.807) is 0 Å². The lowest BCUT2D eigenvalue weighted by molar-refractivity contribution is 0.129. The van der Waals surface area contributed by atoms with E-state index in [0.29, 0.717) is 22.4 Å². The highest BCUT2D eigenvalue weighted by molar-refractivity contribution is 6.30. The number of likely N-dealkylation sites (tertiary alicyclic amines) is 1. The van der Waals surface area contributed by atoms with Crippen LogP contribution in [0.3, 0.4) is 0 Å². The molecule has 1 fully saturated rings. The lowest BCUT2D eigenvalue weighted by Crippen LogP contribution is -2.42. The van der Waals surface area contributed by atoms with E-state index in [9.17, 15) is 4.79 Å². The molecule has 2 heterocycles. The molecule has 1 aliphatic heterocycles. The highest BCUT2D eigenvalue weighted by Crippen LogP contribution is 2.29. The number of aromatic nitrogens is 2. The first-order valence-corrected chi connectivity index (χ1v) is 12.2. The molecular weight excluding hydrogens is 418 g/mol. The molecule has 0 amide bonds. The first-order chi connectivity index (χ1) is 15.2. The highest BCUT2D eigenvalue weighted by Gasteiger charge is 2.24. The van der Waals surface area contributed by atoms with Crippen LogP contribution in [-0.2, 0) is 6.54 Å². The predicted octanol–water partition coefficient (Wildman–Crippen LogP) is 6.27. The zero-order valence-electron chi connectivity index (χ0n) is 19.9. The lowest BCUT2D eigenvalue weighted by Gasteiger charge is -2.36. The molecule has 0 spiro atoms. The minimum atomic E-state index is 0.0712. The van der Waals surface area contributed by atoms with Crippen LogP contribution in [0.5, 0.6) is 0 Å². The Balaban J connectivity index is 1.79. The van der Waals surface area contributed by atoms with Crippen molar-refractivity contribution in [3.63, 3.8) is 0 Å². The molecule has 2 aromatic carbocycles. The largest absolute Gasteiger partial charge is 0.301 e. The molecule has 170 valence electrons. The van der Waals surface area contributed by atoms with Crippen molar-refractivity contribution in [2.24, 2.45) is 5.92 Å². The maximum atomic E-state index is 13.8. The van der Waals surface area contributed by atoms with Gasteiger partial charge in [-0.25, -0.2) is 4.98 Å². The minimum Gasteiger partial charge on any atom is -0.301 e. The first-order valence-electron chi connectivity index (χ1n) is 11.8. The zero-order chi connectivity index (χ0) is 23.0. The second kappa shape index (κ2) is 9.36. The molecule has 4 rings (SSSR count). The summed E-state index contributed by atoms with van der Waals surface area (Å²) < 4.78 is 1.95. The molecule has 1 aliphatic rings. The molecule has 0 N–H and O–H groups in total. The summed E-state index contributed by atoms with van der Waals surface area (Å²) in [4.78, 5) is 21.2. The number of piperidine rings is 1. The summed E-state index contributed by atoms with van der Waals surface area (Å²) >= 11 is 6.26. The van der Waals surface area contributed by atoms with Crippen molar-refractivity contribution in [2.75, 3.05) is 13.1 Å². The van der Waals surface area contributed by atoms with Gasteiger partial charge in [-0.05, 0) is 87.0 Å². The number of hydrogen-bond acceptors (Lipinski definition) is 3. The van der Waals surface area contributed by atoms with E-state index in [0.717, 1.165) is 54.1 Å². The third kappa shape index (κ3) is 4.62.